The van der Waals surface area contributed by atoms with E-state index in [-0.39, 0.29) is 19.5 Å². The number of H-pyrrole nitrogens is 1. The van der Waals surface area contributed by atoms with Crippen molar-refractivity contribution >= 4 is 33.3 Å². The summed E-state index contributed by atoms with van der Waals surface area (Å²) in [6, 6.07) is 15.3. The van der Waals surface area contributed by atoms with Crippen LogP contribution in [0.4, 0.5) is 44.6 Å². The zero-order valence-corrected chi connectivity index (χ0v) is 25.4. The third-order valence-corrected chi connectivity index (χ3v) is 7.68. The van der Waals surface area contributed by atoms with Crippen molar-refractivity contribution in [2.45, 2.75) is 44.5 Å². The van der Waals surface area contributed by atoms with Crippen LogP contribution in [0.15, 0.2) is 66.7 Å². The Morgan fingerprint density at radius 1 is 0.875 bits per heavy atom. The second-order valence-corrected chi connectivity index (χ2v) is 11.3. The van der Waals surface area contributed by atoms with Gasteiger partial charge in [-0.25, -0.2) is 4.79 Å². The fourth-order valence-corrected chi connectivity index (χ4v) is 5.14. The Morgan fingerprint density at radius 3 is 2.08 bits per heavy atom. The van der Waals surface area contributed by atoms with Crippen molar-refractivity contribution in [3.8, 4) is 10.6 Å². The molecule has 0 saturated heterocycles. The average Bonchev–Trinajstić information content (AvgIpc) is 3.64. The Bertz CT molecular complexity index is 1850. The van der Waals surface area contributed by atoms with Gasteiger partial charge in [0.2, 0.25) is 5.13 Å². The topological polar surface area (TPSA) is 116 Å². The third kappa shape index (κ3) is 9.90. The lowest BCUT2D eigenvalue weighted by atomic mass is 10.0. The molecule has 0 amide bonds. The lowest BCUT2D eigenvalue weighted by Crippen LogP contribution is -2.37. The number of nitrogens with one attached hydrogen (secondary N) is 3. The van der Waals surface area contributed by atoms with Crippen LogP contribution in [0, 0.1) is 6.92 Å². The van der Waals surface area contributed by atoms with E-state index in [9.17, 15) is 39.5 Å². The van der Waals surface area contributed by atoms with E-state index in [0.717, 1.165) is 46.4 Å². The van der Waals surface area contributed by atoms with Crippen LogP contribution in [-0.4, -0.2) is 50.2 Å². The molecule has 1 atom stereocenters. The number of benzene rings is 3. The summed E-state index contributed by atoms with van der Waals surface area (Å²) in [6.45, 7) is 2.22. The van der Waals surface area contributed by atoms with Crippen molar-refractivity contribution in [2.24, 2.45) is 0 Å². The lowest BCUT2D eigenvalue weighted by molar-refractivity contribution is -0.192. The molecule has 0 aliphatic rings. The number of aromatic nitrogens is 4. The molecule has 18 heteroatoms. The van der Waals surface area contributed by atoms with E-state index in [4.69, 9.17) is 9.90 Å². The summed E-state index contributed by atoms with van der Waals surface area (Å²) in [4.78, 5) is 8.90. The molecule has 2 aromatic heterocycles. The van der Waals surface area contributed by atoms with Crippen LogP contribution in [-0.2, 0) is 30.1 Å². The number of fused-ring (bicyclic) bond motifs is 1. The second-order valence-electron chi connectivity index (χ2n) is 10.3. The normalized spacial score (nSPS) is 12.8. The number of aliphatic carboxylic acids is 1. The Hall–Kier alpha value is -4.71. The van der Waals surface area contributed by atoms with Crippen LogP contribution < -0.4 is 10.6 Å². The first-order valence-electron chi connectivity index (χ1n) is 13.8. The number of carbonyl (C=O) groups is 1. The van der Waals surface area contributed by atoms with Gasteiger partial charge in [-0.1, -0.05) is 47.7 Å². The Labute approximate surface area is 270 Å². The van der Waals surface area contributed by atoms with Crippen molar-refractivity contribution in [1.82, 2.24) is 25.7 Å². The molecule has 3 aromatic carbocycles. The van der Waals surface area contributed by atoms with Crippen molar-refractivity contribution in [3.63, 3.8) is 0 Å². The number of halogens is 9. The highest BCUT2D eigenvalue weighted by molar-refractivity contribution is 7.18. The molecule has 0 fully saturated rings. The zero-order chi connectivity index (χ0) is 35.3. The highest BCUT2D eigenvalue weighted by atomic mass is 32.1. The summed E-state index contributed by atoms with van der Waals surface area (Å²) in [5.74, 6) is -2.76. The summed E-state index contributed by atoms with van der Waals surface area (Å²) in [7, 11) is 0. The summed E-state index contributed by atoms with van der Waals surface area (Å²) < 4.78 is 111. The molecule has 256 valence electrons. The van der Waals surface area contributed by atoms with E-state index >= 15 is 0 Å². The lowest BCUT2D eigenvalue weighted by Gasteiger charge is -2.20. The van der Waals surface area contributed by atoms with Crippen molar-refractivity contribution in [1.29, 1.82) is 0 Å². The molecule has 0 spiro atoms. The fraction of sp³-hybridized carbons (Fsp3) is 0.267. The molecule has 0 saturated carbocycles. The molecule has 8 nitrogen and oxygen atoms in total. The molecule has 0 radical (unpaired) electrons. The molecule has 2 heterocycles. The van der Waals surface area contributed by atoms with Gasteiger partial charge >= 0.3 is 24.5 Å². The van der Waals surface area contributed by atoms with Crippen LogP contribution in [0.1, 0.15) is 27.9 Å². The van der Waals surface area contributed by atoms with Gasteiger partial charge in [0.25, 0.3) is 0 Å². The second kappa shape index (κ2) is 14.6. The number of hydrogen-bond donors (Lipinski definition) is 4. The number of carboxylic acids is 1. The first-order chi connectivity index (χ1) is 22.4. The first-order valence-corrected chi connectivity index (χ1v) is 14.6. The monoisotopic (exact) mass is 704 g/mol. The summed E-state index contributed by atoms with van der Waals surface area (Å²) in [6.07, 6.45) is -13.9. The molecule has 5 rings (SSSR count). The van der Waals surface area contributed by atoms with Gasteiger partial charge in [0.05, 0.1) is 22.3 Å². The standard InChI is InChI=1S/C28H24F6N6S.C2HF3O2/c1-16-23-13-19(8-9-24(23)38-37-16)25-39-40-26(41-25)36-15-22(12-17-4-2-6-20(10-17)27(29,30)31)35-14-18-5-3-7-21(11-18)28(32,33)34;3-2(4,5)1(6)7/h2-11,13,22,35H,12,14-15H2,1H3,(H,36,40)(H,37,38);(H,6,7). The van der Waals surface area contributed by atoms with Gasteiger partial charge in [-0.3, -0.25) is 5.10 Å². The quantitative estimate of drug-likeness (QED) is 0.116. The number of aromatic amines is 1. The molecular formula is C30H25F9N6O2S. The van der Waals surface area contributed by atoms with Gasteiger partial charge in [-0.2, -0.15) is 44.6 Å². The van der Waals surface area contributed by atoms with E-state index in [1.54, 1.807) is 12.1 Å². The molecule has 0 aliphatic heterocycles. The number of hydrogen-bond acceptors (Lipinski definition) is 7. The number of rotatable bonds is 9. The zero-order valence-electron chi connectivity index (χ0n) is 24.6. The minimum Gasteiger partial charge on any atom is -0.475 e. The van der Waals surface area contributed by atoms with E-state index in [1.807, 2.05) is 25.1 Å². The average molecular weight is 705 g/mol. The van der Waals surface area contributed by atoms with Crippen molar-refractivity contribution in [2.75, 3.05) is 11.9 Å². The Balaban J connectivity index is 0.000000671. The molecular weight excluding hydrogens is 679 g/mol. The SMILES string of the molecule is Cc1n[nH]c2ccc(-c3nnc(NCC(Cc4cccc(C(F)(F)F)c4)NCc4cccc(C(F)(F)F)c4)s3)cc12.O=C(O)C(F)(F)F. The summed E-state index contributed by atoms with van der Waals surface area (Å²) in [5.41, 5.74) is 1.91. The predicted molar refractivity (Wildman–Crippen MR) is 159 cm³/mol. The van der Waals surface area contributed by atoms with Crippen LogP contribution in [0.2, 0.25) is 0 Å². The number of nitrogens with zero attached hydrogens (tertiary/aromatic N) is 3. The van der Waals surface area contributed by atoms with Gasteiger partial charge in [0.15, 0.2) is 0 Å². The Morgan fingerprint density at radius 2 is 1.48 bits per heavy atom. The summed E-state index contributed by atoms with van der Waals surface area (Å²) >= 11 is 1.31. The van der Waals surface area contributed by atoms with Crippen LogP contribution in [0.25, 0.3) is 21.5 Å². The molecule has 4 N–H and O–H groups in total. The van der Waals surface area contributed by atoms with Crippen molar-refractivity contribution in [3.05, 3.63) is 94.7 Å². The molecule has 0 bridgehead atoms. The number of alkyl halides is 9. The van der Waals surface area contributed by atoms with Gasteiger partial charge < -0.3 is 15.7 Å². The first kappa shape index (κ1) is 36.1. The van der Waals surface area contributed by atoms with E-state index in [0.29, 0.717) is 21.3 Å². The number of aryl methyl sites for hydroxylation is 1. The van der Waals surface area contributed by atoms with E-state index in [1.165, 1.54) is 23.5 Å². The van der Waals surface area contributed by atoms with E-state index in [2.05, 4.69) is 31.0 Å². The van der Waals surface area contributed by atoms with Gasteiger partial charge in [-0.15, -0.1) is 10.2 Å². The highest BCUT2D eigenvalue weighted by Crippen LogP contribution is 2.32. The Kier molecular flexibility index (Phi) is 11.0. The summed E-state index contributed by atoms with van der Waals surface area (Å²) in [5, 5.41) is 31.2. The van der Waals surface area contributed by atoms with E-state index < -0.39 is 41.7 Å². The van der Waals surface area contributed by atoms with Crippen LogP contribution >= 0.6 is 11.3 Å². The number of anilines is 1. The molecule has 48 heavy (non-hydrogen) atoms. The minimum atomic E-state index is -5.08. The van der Waals surface area contributed by atoms with Gasteiger partial charge in [-0.05, 0) is 54.8 Å². The van der Waals surface area contributed by atoms with Crippen LogP contribution in [0.5, 0.6) is 0 Å². The maximum atomic E-state index is 13.3. The van der Waals surface area contributed by atoms with Crippen molar-refractivity contribution < 1.29 is 49.4 Å². The number of carboxylic acid groups (broad SMARTS) is 1. The van der Waals surface area contributed by atoms with Gasteiger partial charge in [0.1, 0.15) is 5.01 Å². The predicted octanol–water partition coefficient (Wildman–Crippen LogP) is 7.87. The van der Waals surface area contributed by atoms with Crippen LogP contribution in [0.3, 0.4) is 0 Å². The highest BCUT2D eigenvalue weighted by Gasteiger charge is 2.38. The molecule has 0 aliphatic carbocycles. The molecule has 1 unspecified atom stereocenters. The molecule has 5 aromatic rings. The minimum absolute atomic E-state index is 0.0840. The third-order valence-electron chi connectivity index (χ3n) is 6.75. The smallest absolute Gasteiger partial charge is 0.475 e. The maximum Gasteiger partial charge on any atom is 0.490 e. The maximum absolute atomic E-state index is 13.3. The fourth-order valence-electron chi connectivity index (χ4n) is 4.40. The largest absolute Gasteiger partial charge is 0.490 e. The van der Waals surface area contributed by atoms with Gasteiger partial charge in [0, 0.05) is 30.1 Å².